The summed E-state index contributed by atoms with van der Waals surface area (Å²) in [6.45, 7) is 2.30. The summed E-state index contributed by atoms with van der Waals surface area (Å²) >= 11 is 0. The van der Waals surface area contributed by atoms with Crippen LogP contribution in [0.15, 0.2) is 42.5 Å². The van der Waals surface area contributed by atoms with Crippen molar-refractivity contribution in [2.45, 2.75) is 19.6 Å². The van der Waals surface area contributed by atoms with Gasteiger partial charge in [-0.15, -0.1) is 0 Å². The summed E-state index contributed by atoms with van der Waals surface area (Å²) in [6, 6.07) is 11.9. The van der Waals surface area contributed by atoms with Gasteiger partial charge in [-0.25, -0.2) is 4.39 Å². The molecule has 0 fully saturated rings. The maximum Gasteiger partial charge on any atom is 0.166 e. The molecule has 0 aromatic heterocycles. The first-order valence-electron chi connectivity index (χ1n) is 6.41. The Balaban J connectivity index is 2.19. The van der Waals surface area contributed by atoms with Crippen LogP contribution in [0.2, 0.25) is 0 Å². The van der Waals surface area contributed by atoms with E-state index >= 15 is 0 Å². The maximum atomic E-state index is 13.9. The van der Waals surface area contributed by atoms with E-state index in [-0.39, 0.29) is 11.8 Å². The molecule has 0 radical (unpaired) electrons. The summed E-state index contributed by atoms with van der Waals surface area (Å²) in [6.07, 6.45) is 0. The van der Waals surface area contributed by atoms with Crippen LogP contribution in [0.1, 0.15) is 24.1 Å². The number of hydrogen-bond acceptors (Lipinski definition) is 3. The van der Waals surface area contributed by atoms with Gasteiger partial charge in [0.25, 0.3) is 0 Å². The Kier molecular flexibility index (Phi) is 4.71. The van der Waals surface area contributed by atoms with Crippen LogP contribution in [0.3, 0.4) is 0 Å². The largest absolute Gasteiger partial charge is 0.454 e. The molecule has 0 saturated carbocycles. The maximum absolute atomic E-state index is 13.9. The number of nitrogens with two attached hydrogens (primary N) is 1. The Hall–Kier alpha value is -1.91. The summed E-state index contributed by atoms with van der Waals surface area (Å²) in [5.41, 5.74) is 7.43. The smallest absolute Gasteiger partial charge is 0.166 e. The van der Waals surface area contributed by atoms with Crippen molar-refractivity contribution in [2.24, 2.45) is 5.73 Å². The Morgan fingerprint density at radius 2 is 2.00 bits per heavy atom. The molecule has 3 nitrogen and oxygen atoms in total. The van der Waals surface area contributed by atoms with Gasteiger partial charge < -0.3 is 15.2 Å². The average Bonchev–Trinajstić information content (AvgIpc) is 2.42. The molecule has 106 valence electrons. The third kappa shape index (κ3) is 3.56. The van der Waals surface area contributed by atoms with Crippen molar-refractivity contribution in [3.8, 4) is 11.5 Å². The van der Waals surface area contributed by atoms with Gasteiger partial charge in [0, 0.05) is 13.2 Å². The SMILES string of the molecule is COCc1cccc(Oc2ccc([C@H](C)N)cc2F)c1. The van der Waals surface area contributed by atoms with Gasteiger partial charge in [0.1, 0.15) is 5.75 Å². The van der Waals surface area contributed by atoms with Gasteiger partial charge in [0.2, 0.25) is 0 Å². The molecule has 0 aliphatic carbocycles. The Morgan fingerprint density at radius 3 is 2.65 bits per heavy atom. The Bertz CT molecular complexity index is 584. The molecule has 0 aliphatic rings. The lowest BCUT2D eigenvalue weighted by molar-refractivity contribution is 0.184. The van der Waals surface area contributed by atoms with Gasteiger partial charge in [-0.05, 0) is 42.3 Å². The van der Waals surface area contributed by atoms with Crippen molar-refractivity contribution < 1.29 is 13.9 Å². The third-order valence-electron chi connectivity index (χ3n) is 2.92. The number of hydrogen-bond donors (Lipinski definition) is 1. The molecular formula is C16H18FNO2. The first-order valence-corrected chi connectivity index (χ1v) is 6.41. The van der Waals surface area contributed by atoms with Gasteiger partial charge in [-0.3, -0.25) is 0 Å². The van der Waals surface area contributed by atoms with E-state index in [9.17, 15) is 4.39 Å². The predicted molar refractivity (Wildman–Crippen MR) is 76.2 cm³/mol. The second-order valence-corrected chi connectivity index (χ2v) is 4.66. The first kappa shape index (κ1) is 14.5. The topological polar surface area (TPSA) is 44.5 Å². The highest BCUT2D eigenvalue weighted by atomic mass is 19.1. The zero-order valence-electron chi connectivity index (χ0n) is 11.6. The van der Waals surface area contributed by atoms with Crippen LogP contribution in [0.25, 0.3) is 0 Å². The van der Waals surface area contributed by atoms with Gasteiger partial charge in [-0.1, -0.05) is 18.2 Å². The van der Waals surface area contributed by atoms with E-state index in [0.717, 1.165) is 11.1 Å². The number of ether oxygens (including phenoxy) is 2. The number of rotatable bonds is 5. The summed E-state index contributed by atoms with van der Waals surface area (Å²) in [5.74, 6) is 0.341. The molecule has 0 saturated heterocycles. The van der Waals surface area contributed by atoms with Gasteiger partial charge >= 0.3 is 0 Å². The fourth-order valence-corrected chi connectivity index (χ4v) is 1.88. The van der Waals surface area contributed by atoms with Gasteiger partial charge in [0.15, 0.2) is 11.6 Å². The van der Waals surface area contributed by atoms with Crippen LogP contribution in [0.4, 0.5) is 4.39 Å². The summed E-state index contributed by atoms with van der Waals surface area (Å²) in [7, 11) is 1.62. The number of halogens is 1. The van der Waals surface area contributed by atoms with Crippen LogP contribution in [0.5, 0.6) is 11.5 Å². The quantitative estimate of drug-likeness (QED) is 0.903. The van der Waals surface area contributed by atoms with Crippen molar-refractivity contribution >= 4 is 0 Å². The van der Waals surface area contributed by atoms with Crippen LogP contribution in [-0.4, -0.2) is 7.11 Å². The Morgan fingerprint density at radius 1 is 1.20 bits per heavy atom. The lowest BCUT2D eigenvalue weighted by atomic mass is 10.1. The van der Waals surface area contributed by atoms with E-state index < -0.39 is 5.82 Å². The van der Waals surface area contributed by atoms with Gasteiger partial charge in [0.05, 0.1) is 6.61 Å². The van der Waals surface area contributed by atoms with Crippen LogP contribution < -0.4 is 10.5 Å². The van der Waals surface area contributed by atoms with Crippen molar-refractivity contribution in [3.63, 3.8) is 0 Å². The molecule has 0 heterocycles. The minimum atomic E-state index is -0.419. The molecule has 2 N–H and O–H groups in total. The van der Waals surface area contributed by atoms with Crippen molar-refractivity contribution in [1.82, 2.24) is 0 Å². The number of methoxy groups -OCH3 is 1. The van der Waals surface area contributed by atoms with E-state index in [1.165, 1.54) is 6.07 Å². The fraction of sp³-hybridized carbons (Fsp3) is 0.250. The normalized spacial score (nSPS) is 12.2. The van der Waals surface area contributed by atoms with E-state index in [1.54, 1.807) is 25.3 Å². The summed E-state index contributed by atoms with van der Waals surface area (Å²) in [5, 5.41) is 0. The van der Waals surface area contributed by atoms with Gasteiger partial charge in [-0.2, -0.15) is 0 Å². The molecule has 2 aromatic carbocycles. The molecule has 0 spiro atoms. The molecule has 2 rings (SSSR count). The molecule has 0 amide bonds. The predicted octanol–water partition coefficient (Wildman–Crippen LogP) is 3.78. The van der Waals surface area contributed by atoms with Crippen molar-refractivity contribution in [2.75, 3.05) is 7.11 Å². The standard InChI is InChI=1S/C16H18FNO2/c1-11(18)13-6-7-16(15(17)9-13)20-14-5-3-4-12(8-14)10-19-2/h3-9,11H,10,18H2,1-2H3/t11-/m0/s1. The monoisotopic (exact) mass is 275 g/mol. The molecule has 0 aliphatic heterocycles. The second kappa shape index (κ2) is 6.50. The summed E-state index contributed by atoms with van der Waals surface area (Å²) < 4.78 is 24.6. The fourth-order valence-electron chi connectivity index (χ4n) is 1.88. The van der Waals surface area contributed by atoms with E-state index in [1.807, 2.05) is 25.1 Å². The lowest BCUT2D eigenvalue weighted by Gasteiger charge is -2.11. The van der Waals surface area contributed by atoms with Crippen LogP contribution in [-0.2, 0) is 11.3 Å². The molecule has 2 aromatic rings. The molecule has 1 atom stereocenters. The zero-order valence-corrected chi connectivity index (χ0v) is 11.6. The van der Waals surface area contributed by atoms with Crippen molar-refractivity contribution in [3.05, 3.63) is 59.4 Å². The second-order valence-electron chi connectivity index (χ2n) is 4.66. The highest BCUT2D eigenvalue weighted by molar-refractivity contribution is 5.36. The van der Waals surface area contributed by atoms with E-state index in [4.69, 9.17) is 15.2 Å². The minimum absolute atomic E-state index is 0.184. The lowest BCUT2D eigenvalue weighted by Crippen LogP contribution is -2.05. The molecule has 20 heavy (non-hydrogen) atoms. The highest BCUT2D eigenvalue weighted by Crippen LogP contribution is 2.27. The molecular weight excluding hydrogens is 257 g/mol. The van der Waals surface area contributed by atoms with Crippen LogP contribution in [0, 0.1) is 5.82 Å². The zero-order chi connectivity index (χ0) is 14.5. The summed E-state index contributed by atoms with van der Waals surface area (Å²) in [4.78, 5) is 0. The van der Waals surface area contributed by atoms with E-state index in [2.05, 4.69) is 0 Å². The van der Waals surface area contributed by atoms with Crippen molar-refractivity contribution in [1.29, 1.82) is 0 Å². The Labute approximate surface area is 118 Å². The number of benzene rings is 2. The van der Waals surface area contributed by atoms with Crippen LogP contribution >= 0.6 is 0 Å². The molecule has 4 heteroatoms. The first-order chi connectivity index (χ1) is 9.60. The molecule has 0 unspecified atom stereocenters. The minimum Gasteiger partial charge on any atom is -0.454 e. The molecule has 0 bridgehead atoms. The highest BCUT2D eigenvalue weighted by Gasteiger charge is 2.08. The average molecular weight is 275 g/mol. The third-order valence-corrected chi connectivity index (χ3v) is 2.92. The van der Waals surface area contributed by atoms with E-state index in [0.29, 0.717) is 12.4 Å².